The smallest absolute Gasteiger partial charge is 0.0883 e. The molecule has 0 unspecified atom stereocenters. The summed E-state index contributed by atoms with van der Waals surface area (Å²) in [6.45, 7) is 8.64. The molecule has 20 heavy (non-hydrogen) atoms. The van der Waals surface area contributed by atoms with E-state index in [4.69, 9.17) is 0 Å². The fourth-order valence-corrected chi connectivity index (χ4v) is 3.59. The molecule has 124 valence electrons. The van der Waals surface area contributed by atoms with E-state index >= 15 is 0 Å². The van der Waals surface area contributed by atoms with E-state index in [1.807, 2.05) is 0 Å². The van der Waals surface area contributed by atoms with Crippen molar-refractivity contribution in [2.45, 2.75) is 78.1 Å². The SMILES string of the molecule is CCCCCCC[N+](C)(CCBr)CCCCCCC.[I-]. The molecule has 0 saturated heterocycles. The third-order valence-corrected chi connectivity index (χ3v) is 4.58. The number of nitrogens with zero attached hydrogens (tertiary/aromatic N) is 1. The largest absolute Gasteiger partial charge is 1.00 e. The van der Waals surface area contributed by atoms with Crippen molar-refractivity contribution in [1.29, 1.82) is 0 Å². The minimum atomic E-state index is 0. The molecule has 0 heterocycles. The highest BCUT2D eigenvalue weighted by molar-refractivity contribution is 9.09. The van der Waals surface area contributed by atoms with Crippen LogP contribution in [0.1, 0.15) is 78.1 Å². The fraction of sp³-hybridized carbons (Fsp3) is 1.00. The lowest BCUT2D eigenvalue weighted by atomic mass is 10.1. The van der Waals surface area contributed by atoms with Crippen LogP contribution >= 0.6 is 15.9 Å². The number of rotatable bonds is 14. The van der Waals surface area contributed by atoms with E-state index in [1.54, 1.807) is 0 Å². The van der Waals surface area contributed by atoms with Gasteiger partial charge < -0.3 is 28.5 Å². The first-order chi connectivity index (χ1) is 9.18. The Bertz CT molecular complexity index is 174. The summed E-state index contributed by atoms with van der Waals surface area (Å²) in [6, 6.07) is 0. The van der Waals surface area contributed by atoms with Crippen LogP contribution in [0.15, 0.2) is 0 Å². The maximum atomic E-state index is 3.64. The van der Waals surface area contributed by atoms with Crippen LogP contribution in [0.25, 0.3) is 0 Å². The van der Waals surface area contributed by atoms with Gasteiger partial charge >= 0.3 is 0 Å². The Morgan fingerprint density at radius 2 is 1.05 bits per heavy atom. The molecule has 0 aliphatic carbocycles. The van der Waals surface area contributed by atoms with Gasteiger partial charge in [0.1, 0.15) is 0 Å². The predicted molar refractivity (Wildman–Crippen MR) is 92.1 cm³/mol. The van der Waals surface area contributed by atoms with Gasteiger partial charge in [-0.3, -0.25) is 0 Å². The van der Waals surface area contributed by atoms with Crippen LogP contribution in [0, 0.1) is 0 Å². The highest BCUT2D eigenvalue weighted by Crippen LogP contribution is 2.13. The maximum absolute atomic E-state index is 3.64. The van der Waals surface area contributed by atoms with Gasteiger partial charge in [-0.25, -0.2) is 0 Å². The van der Waals surface area contributed by atoms with E-state index in [0.29, 0.717) is 0 Å². The van der Waals surface area contributed by atoms with Gasteiger partial charge in [-0.15, -0.1) is 0 Å². The van der Waals surface area contributed by atoms with Crippen molar-refractivity contribution in [2.75, 3.05) is 32.0 Å². The Labute approximate surface area is 154 Å². The van der Waals surface area contributed by atoms with Crippen LogP contribution in [0.2, 0.25) is 0 Å². The Morgan fingerprint density at radius 3 is 1.40 bits per heavy atom. The third-order valence-electron chi connectivity index (χ3n) is 4.23. The molecule has 0 aromatic rings. The van der Waals surface area contributed by atoms with Gasteiger partial charge in [0.2, 0.25) is 0 Å². The lowest BCUT2D eigenvalue weighted by Gasteiger charge is -2.34. The number of alkyl halides is 1. The maximum Gasteiger partial charge on any atom is 0.0883 e. The first-order valence-electron chi connectivity index (χ1n) is 8.58. The molecule has 0 N–H and O–H groups in total. The number of unbranched alkanes of at least 4 members (excludes halogenated alkanes) is 8. The van der Waals surface area contributed by atoms with E-state index in [-0.39, 0.29) is 24.0 Å². The Kier molecular flexibility index (Phi) is 19.4. The summed E-state index contributed by atoms with van der Waals surface area (Å²) < 4.78 is 1.28. The summed E-state index contributed by atoms with van der Waals surface area (Å²) in [5.41, 5.74) is 0. The second-order valence-electron chi connectivity index (χ2n) is 6.31. The monoisotopic (exact) mass is 461 g/mol. The van der Waals surface area contributed by atoms with Gasteiger partial charge in [0.15, 0.2) is 0 Å². The Balaban J connectivity index is 0. The molecule has 0 radical (unpaired) electrons. The molecule has 0 bridgehead atoms. The number of hydrogen-bond donors (Lipinski definition) is 0. The lowest BCUT2D eigenvalue weighted by Crippen LogP contribution is -3.00. The van der Waals surface area contributed by atoms with Crippen molar-refractivity contribution in [3.63, 3.8) is 0 Å². The van der Waals surface area contributed by atoms with Gasteiger partial charge in [0.05, 0.1) is 32.0 Å². The number of quaternary nitrogens is 1. The van der Waals surface area contributed by atoms with Crippen molar-refractivity contribution >= 4 is 15.9 Å². The molecule has 0 aliphatic rings. The molecule has 0 rings (SSSR count). The molecule has 0 saturated carbocycles. The first-order valence-corrected chi connectivity index (χ1v) is 9.70. The van der Waals surface area contributed by atoms with Crippen LogP contribution in [-0.2, 0) is 0 Å². The average Bonchev–Trinajstić information content (AvgIpc) is 2.39. The molecule has 0 amide bonds. The summed E-state index contributed by atoms with van der Waals surface area (Å²) in [6.07, 6.45) is 14.1. The second kappa shape index (κ2) is 16.5. The minimum absolute atomic E-state index is 0. The molecular weight excluding hydrogens is 425 g/mol. The highest BCUT2D eigenvalue weighted by Gasteiger charge is 2.19. The van der Waals surface area contributed by atoms with E-state index in [1.165, 1.54) is 88.3 Å². The van der Waals surface area contributed by atoms with Gasteiger partial charge in [0.25, 0.3) is 0 Å². The van der Waals surface area contributed by atoms with Gasteiger partial charge in [-0.05, 0) is 25.7 Å². The predicted octanol–water partition coefficient (Wildman–Crippen LogP) is 2.77. The normalized spacial score (nSPS) is 11.4. The molecule has 0 aromatic carbocycles. The molecule has 0 aromatic heterocycles. The van der Waals surface area contributed by atoms with Crippen molar-refractivity contribution in [3.05, 3.63) is 0 Å². The average molecular weight is 462 g/mol. The van der Waals surface area contributed by atoms with Crippen molar-refractivity contribution in [3.8, 4) is 0 Å². The van der Waals surface area contributed by atoms with Crippen LogP contribution < -0.4 is 24.0 Å². The standard InChI is InChI=1S/C17H37BrN.HI/c1-4-6-8-10-12-15-19(3,17-14-18)16-13-11-9-7-5-2;/h4-17H2,1-3H3;1H/q+1;/p-1. The van der Waals surface area contributed by atoms with E-state index in [2.05, 4.69) is 36.8 Å². The molecule has 0 fully saturated rings. The fourth-order valence-electron chi connectivity index (χ4n) is 2.73. The number of hydrogen-bond acceptors (Lipinski definition) is 0. The van der Waals surface area contributed by atoms with Crippen LogP contribution in [0.4, 0.5) is 0 Å². The zero-order valence-corrected chi connectivity index (χ0v) is 17.8. The van der Waals surface area contributed by atoms with Crippen molar-refractivity contribution < 1.29 is 28.5 Å². The molecule has 3 heteroatoms. The topological polar surface area (TPSA) is 0 Å². The van der Waals surface area contributed by atoms with Crippen molar-refractivity contribution in [2.24, 2.45) is 0 Å². The molecule has 0 atom stereocenters. The Hall–Kier alpha value is 1.17. The minimum Gasteiger partial charge on any atom is -1.00 e. The number of halogens is 2. The third kappa shape index (κ3) is 14.1. The molecule has 0 aliphatic heterocycles. The molecular formula is C17H37BrIN. The van der Waals surface area contributed by atoms with E-state index < -0.39 is 0 Å². The summed E-state index contributed by atoms with van der Waals surface area (Å²) in [5.74, 6) is 0. The highest BCUT2D eigenvalue weighted by atomic mass is 127. The van der Waals surface area contributed by atoms with E-state index in [9.17, 15) is 0 Å². The quantitative estimate of drug-likeness (QED) is 0.161. The van der Waals surface area contributed by atoms with Gasteiger partial charge in [0, 0.05) is 0 Å². The molecule has 1 nitrogen and oxygen atoms in total. The van der Waals surface area contributed by atoms with Crippen LogP contribution in [0.5, 0.6) is 0 Å². The van der Waals surface area contributed by atoms with Gasteiger partial charge in [-0.2, -0.15) is 0 Å². The Morgan fingerprint density at radius 1 is 0.650 bits per heavy atom. The summed E-state index contributed by atoms with van der Waals surface area (Å²) in [4.78, 5) is 0. The van der Waals surface area contributed by atoms with E-state index in [0.717, 1.165) is 5.33 Å². The van der Waals surface area contributed by atoms with Crippen LogP contribution in [0.3, 0.4) is 0 Å². The first kappa shape index (κ1) is 23.4. The zero-order valence-electron chi connectivity index (χ0n) is 14.1. The summed E-state index contributed by atoms with van der Waals surface area (Å²) in [5, 5.41) is 1.15. The summed E-state index contributed by atoms with van der Waals surface area (Å²) >= 11 is 3.64. The lowest BCUT2D eigenvalue weighted by molar-refractivity contribution is -0.907. The zero-order chi connectivity index (χ0) is 14.4. The second-order valence-corrected chi connectivity index (χ2v) is 7.10. The molecule has 0 spiro atoms. The van der Waals surface area contributed by atoms with Crippen molar-refractivity contribution in [1.82, 2.24) is 0 Å². The van der Waals surface area contributed by atoms with Gasteiger partial charge in [-0.1, -0.05) is 68.3 Å². The summed E-state index contributed by atoms with van der Waals surface area (Å²) in [7, 11) is 2.46. The van der Waals surface area contributed by atoms with Crippen LogP contribution in [-0.4, -0.2) is 36.5 Å².